The van der Waals surface area contributed by atoms with E-state index in [-0.39, 0.29) is 35.0 Å². The van der Waals surface area contributed by atoms with Gasteiger partial charge in [-0.3, -0.25) is 14.9 Å². The van der Waals surface area contributed by atoms with Crippen molar-refractivity contribution in [2.45, 2.75) is 20.8 Å². The van der Waals surface area contributed by atoms with E-state index in [9.17, 15) is 19.6 Å². The lowest BCUT2D eigenvalue weighted by Crippen LogP contribution is -2.17. The predicted octanol–water partition coefficient (Wildman–Crippen LogP) is 3.51. The number of furan rings is 1. The zero-order chi connectivity index (χ0) is 20.0. The second-order valence-electron chi connectivity index (χ2n) is 5.55. The van der Waals surface area contributed by atoms with Crippen molar-refractivity contribution < 1.29 is 23.5 Å². The molecule has 0 aliphatic carbocycles. The lowest BCUT2D eigenvalue weighted by atomic mass is 10.1. The van der Waals surface area contributed by atoms with Gasteiger partial charge in [-0.05, 0) is 32.4 Å². The first kappa shape index (κ1) is 19.7. The molecule has 2 rings (SSSR count). The fraction of sp³-hybridized carbons (Fsp3) is 0.200. The molecule has 0 fully saturated rings. The van der Waals surface area contributed by atoms with Crippen LogP contribution in [0.15, 0.2) is 40.3 Å². The van der Waals surface area contributed by atoms with Crippen LogP contribution >= 0.6 is 0 Å². The molecular formula is C20H18N2O5. The molecule has 7 heteroatoms. The van der Waals surface area contributed by atoms with Gasteiger partial charge in [0, 0.05) is 0 Å². The molecule has 0 saturated carbocycles. The first-order valence-corrected chi connectivity index (χ1v) is 8.18. The number of carbonyl (C=O) groups excluding carboxylic acids is 3. The van der Waals surface area contributed by atoms with Gasteiger partial charge in [-0.25, -0.2) is 4.79 Å². The number of esters is 1. The lowest BCUT2D eigenvalue weighted by molar-refractivity contribution is -0.112. The van der Waals surface area contributed by atoms with Gasteiger partial charge in [0.25, 0.3) is 5.91 Å². The van der Waals surface area contributed by atoms with Gasteiger partial charge in [0.15, 0.2) is 5.78 Å². The third-order valence-electron chi connectivity index (χ3n) is 3.62. The molecular weight excluding hydrogens is 348 g/mol. The smallest absolute Gasteiger partial charge is 0.344 e. The van der Waals surface area contributed by atoms with Crippen molar-refractivity contribution in [1.82, 2.24) is 0 Å². The molecule has 138 valence electrons. The normalized spacial score (nSPS) is 10.8. The van der Waals surface area contributed by atoms with Crippen molar-refractivity contribution in [3.63, 3.8) is 0 Å². The summed E-state index contributed by atoms with van der Waals surface area (Å²) in [6, 6.07) is 10.6. The molecule has 1 aromatic heterocycles. The molecule has 27 heavy (non-hydrogen) atoms. The second-order valence-corrected chi connectivity index (χ2v) is 5.55. The summed E-state index contributed by atoms with van der Waals surface area (Å²) in [6.07, 6.45) is 1.40. The Labute approximate surface area is 156 Å². The Morgan fingerprint density at radius 1 is 1.22 bits per heavy atom. The van der Waals surface area contributed by atoms with Crippen molar-refractivity contribution in [3.05, 3.63) is 58.4 Å². The molecule has 0 saturated heterocycles. The summed E-state index contributed by atoms with van der Waals surface area (Å²) in [5.41, 5.74) is 0.353. The van der Waals surface area contributed by atoms with E-state index in [1.54, 1.807) is 31.2 Å². The van der Waals surface area contributed by atoms with Gasteiger partial charge in [0.1, 0.15) is 23.0 Å². The summed E-state index contributed by atoms with van der Waals surface area (Å²) in [7, 11) is 0. The second kappa shape index (κ2) is 8.63. The Balaban J connectivity index is 2.41. The Bertz CT molecular complexity index is 949. The molecule has 0 unspecified atom stereocenters. The van der Waals surface area contributed by atoms with Gasteiger partial charge in [-0.1, -0.05) is 30.3 Å². The van der Waals surface area contributed by atoms with Crippen molar-refractivity contribution in [3.8, 4) is 6.07 Å². The van der Waals surface area contributed by atoms with Gasteiger partial charge in [-0.15, -0.1) is 0 Å². The van der Waals surface area contributed by atoms with Crippen molar-refractivity contribution >= 4 is 29.6 Å². The fourth-order valence-corrected chi connectivity index (χ4v) is 2.49. The topological polar surface area (TPSA) is 109 Å². The Morgan fingerprint density at radius 3 is 2.44 bits per heavy atom. The number of hydrogen-bond donors (Lipinski definition) is 1. The van der Waals surface area contributed by atoms with E-state index >= 15 is 0 Å². The number of nitrogens with zero attached hydrogens (tertiary/aromatic N) is 1. The lowest BCUT2D eigenvalue weighted by Gasteiger charge is -2.05. The van der Waals surface area contributed by atoms with Crippen molar-refractivity contribution in [2.75, 3.05) is 11.9 Å². The maximum Gasteiger partial charge on any atom is 0.344 e. The number of aryl methyl sites for hydroxylation is 1. The molecule has 0 aliphatic rings. The van der Waals surface area contributed by atoms with Gasteiger partial charge in [0.2, 0.25) is 5.88 Å². The number of ether oxygens (including phenoxy) is 1. The summed E-state index contributed by atoms with van der Waals surface area (Å²) < 4.78 is 10.4. The van der Waals surface area contributed by atoms with Crippen LogP contribution in [-0.4, -0.2) is 24.3 Å². The maximum absolute atomic E-state index is 12.5. The van der Waals surface area contributed by atoms with E-state index in [0.717, 1.165) is 0 Å². The van der Waals surface area contributed by atoms with Crippen LogP contribution in [0.3, 0.4) is 0 Å². The third kappa shape index (κ3) is 4.50. The van der Waals surface area contributed by atoms with Crippen LogP contribution in [0, 0.1) is 18.3 Å². The Hall–Kier alpha value is -3.66. The number of benzene rings is 1. The molecule has 1 heterocycles. The average molecular weight is 366 g/mol. The SMILES string of the molecule is CCOC(=O)c1c(NC(=O)/C(C#N)=C/c2ccccc2)oc(C)c1C(C)=O. The zero-order valence-electron chi connectivity index (χ0n) is 15.2. The summed E-state index contributed by atoms with van der Waals surface area (Å²) in [6.45, 7) is 4.49. The quantitative estimate of drug-likeness (QED) is 0.363. The van der Waals surface area contributed by atoms with Crippen LogP contribution in [0.1, 0.15) is 45.9 Å². The highest BCUT2D eigenvalue weighted by Crippen LogP contribution is 2.29. The standard InChI is InChI=1S/C20H18N2O5/c1-4-26-20(25)17-16(12(2)23)13(3)27-19(17)22-18(24)15(11-21)10-14-8-6-5-7-9-14/h5-10H,4H2,1-3H3,(H,22,24)/b15-10+. The summed E-state index contributed by atoms with van der Waals surface area (Å²) in [5.74, 6) is -2.02. The highest BCUT2D eigenvalue weighted by atomic mass is 16.5. The van der Waals surface area contributed by atoms with Crippen LogP contribution < -0.4 is 5.32 Å². The average Bonchev–Trinajstić information content (AvgIpc) is 2.96. The minimum atomic E-state index is -0.791. The number of carbonyl (C=O) groups is 3. The predicted molar refractivity (Wildman–Crippen MR) is 98.1 cm³/mol. The first-order valence-electron chi connectivity index (χ1n) is 8.18. The molecule has 0 radical (unpaired) electrons. The van der Waals surface area contributed by atoms with E-state index in [1.807, 2.05) is 12.1 Å². The van der Waals surface area contributed by atoms with Gasteiger partial charge in [0.05, 0.1) is 12.2 Å². The fourth-order valence-electron chi connectivity index (χ4n) is 2.49. The molecule has 7 nitrogen and oxygen atoms in total. The molecule has 0 bridgehead atoms. The van der Waals surface area contributed by atoms with Crippen LogP contribution in [0.2, 0.25) is 0 Å². The minimum Gasteiger partial charge on any atom is -0.462 e. The number of nitriles is 1. The summed E-state index contributed by atoms with van der Waals surface area (Å²) >= 11 is 0. The summed E-state index contributed by atoms with van der Waals surface area (Å²) in [4.78, 5) is 36.6. The van der Waals surface area contributed by atoms with Crippen LogP contribution in [0.5, 0.6) is 0 Å². The van der Waals surface area contributed by atoms with E-state index in [4.69, 9.17) is 9.15 Å². The number of hydrogen-bond acceptors (Lipinski definition) is 6. The van der Waals surface area contributed by atoms with Crippen molar-refractivity contribution in [1.29, 1.82) is 5.26 Å². The van der Waals surface area contributed by atoms with E-state index in [1.165, 1.54) is 19.9 Å². The monoisotopic (exact) mass is 366 g/mol. The number of nitrogens with one attached hydrogen (secondary N) is 1. The molecule has 0 aliphatic heterocycles. The molecule has 1 amide bonds. The van der Waals surface area contributed by atoms with Crippen molar-refractivity contribution in [2.24, 2.45) is 0 Å². The van der Waals surface area contributed by atoms with Crippen LogP contribution in [0.25, 0.3) is 6.08 Å². The summed E-state index contributed by atoms with van der Waals surface area (Å²) in [5, 5.41) is 11.7. The third-order valence-corrected chi connectivity index (χ3v) is 3.62. The zero-order valence-corrected chi connectivity index (χ0v) is 15.2. The molecule has 1 aromatic carbocycles. The van der Waals surface area contributed by atoms with E-state index in [0.29, 0.717) is 5.56 Å². The van der Waals surface area contributed by atoms with E-state index < -0.39 is 17.7 Å². The van der Waals surface area contributed by atoms with Crippen LogP contribution in [-0.2, 0) is 9.53 Å². The minimum absolute atomic E-state index is 0.0364. The molecule has 2 aromatic rings. The number of Topliss-reactive ketones (excluding diaryl/α,β-unsaturated/α-hetero) is 1. The highest BCUT2D eigenvalue weighted by molar-refractivity contribution is 6.14. The van der Waals surface area contributed by atoms with E-state index in [2.05, 4.69) is 5.32 Å². The molecule has 1 N–H and O–H groups in total. The molecule has 0 atom stereocenters. The highest BCUT2D eigenvalue weighted by Gasteiger charge is 2.29. The molecule has 0 spiro atoms. The first-order chi connectivity index (χ1) is 12.9. The van der Waals surface area contributed by atoms with Gasteiger partial charge in [-0.2, -0.15) is 5.26 Å². The number of ketones is 1. The van der Waals surface area contributed by atoms with Crippen LogP contribution in [0.4, 0.5) is 5.88 Å². The largest absolute Gasteiger partial charge is 0.462 e. The number of amides is 1. The maximum atomic E-state index is 12.5. The Morgan fingerprint density at radius 2 is 1.89 bits per heavy atom. The van der Waals surface area contributed by atoms with Gasteiger partial charge >= 0.3 is 5.97 Å². The van der Waals surface area contributed by atoms with Gasteiger partial charge < -0.3 is 9.15 Å². The number of rotatable bonds is 6. The number of anilines is 1. The Kier molecular flexibility index (Phi) is 6.28.